The molecule has 16 heavy (non-hydrogen) atoms. The summed E-state index contributed by atoms with van der Waals surface area (Å²) in [6, 6.07) is 4.04. The maximum absolute atomic E-state index is 5.70. The molecule has 2 aromatic heterocycles. The van der Waals surface area contributed by atoms with Crippen LogP contribution >= 0.6 is 22.5 Å². The van der Waals surface area contributed by atoms with Crippen molar-refractivity contribution >= 4 is 39.2 Å². The minimum atomic E-state index is -0.0361. The summed E-state index contributed by atoms with van der Waals surface area (Å²) in [5.41, 5.74) is 8.03. The molecule has 0 aliphatic heterocycles. The van der Waals surface area contributed by atoms with Crippen molar-refractivity contribution in [1.82, 2.24) is 9.55 Å². The predicted octanol–water partition coefficient (Wildman–Crippen LogP) is 2.97. The molecule has 0 unspecified atom stereocenters. The molecule has 0 bridgehead atoms. The Morgan fingerprint density at radius 3 is 2.75 bits per heavy atom. The average molecular weight is 253 g/mol. The van der Waals surface area contributed by atoms with Gasteiger partial charge in [-0.15, -0.1) is 11.7 Å². The number of thiol groups is 1. The summed E-state index contributed by atoms with van der Waals surface area (Å²) in [6.07, 6.45) is 1.81. The Labute approximate surface area is 104 Å². The third-order valence-corrected chi connectivity index (χ3v) is 4.83. The van der Waals surface area contributed by atoms with Crippen LogP contribution in [0.1, 0.15) is 19.5 Å². The van der Waals surface area contributed by atoms with Gasteiger partial charge in [-0.25, -0.2) is 4.98 Å². The number of aryl methyl sites for hydroxylation is 1. The number of nitrogens with two attached hydrogens (primary N) is 1. The van der Waals surface area contributed by atoms with Crippen molar-refractivity contribution in [3.8, 4) is 0 Å². The van der Waals surface area contributed by atoms with Crippen molar-refractivity contribution in [3.63, 3.8) is 0 Å². The minimum Gasteiger partial charge on any atom is -0.384 e. The molecule has 5 heteroatoms. The molecular weight excluding hydrogens is 238 g/mol. The molecule has 2 aromatic rings. The summed E-state index contributed by atoms with van der Waals surface area (Å²) < 4.78 is 2.11. The molecule has 86 valence electrons. The van der Waals surface area contributed by atoms with Crippen LogP contribution in [-0.2, 0) is 11.8 Å². The van der Waals surface area contributed by atoms with E-state index in [1.165, 1.54) is 16.5 Å². The molecule has 0 spiro atoms. The van der Waals surface area contributed by atoms with E-state index in [1.807, 2.05) is 19.3 Å². The summed E-state index contributed by atoms with van der Waals surface area (Å²) >= 11 is 4.32. The van der Waals surface area contributed by atoms with Crippen LogP contribution in [0, 0.1) is 0 Å². The van der Waals surface area contributed by atoms with E-state index in [4.69, 9.17) is 5.73 Å². The van der Waals surface area contributed by atoms with E-state index in [1.54, 1.807) is 0 Å². The Morgan fingerprint density at radius 1 is 1.44 bits per heavy atom. The van der Waals surface area contributed by atoms with Gasteiger partial charge in [0.1, 0.15) is 5.82 Å². The molecule has 0 saturated carbocycles. The molecule has 2 rings (SSSR count). The van der Waals surface area contributed by atoms with Gasteiger partial charge in [0.2, 0.25) is 0 Å². The van der Waals surface area contributed by atoms with Gasteiger partial charge in [0.05, 0.1) is 10.3 Å². The second kappa shape index (κ2) is 3.89. The number of hydrogen-bond acceptors (Lipinski definition) is 4. The van der Waals surface area contributed by atoms with Crippen LogP contribution in [0.5, 0.6) is 0 Å². The molecular formula is C11H15N3S2. The van der Waals surface area contributed by atoms with E-state index in [-0.39, 0.29) is 4.75 Å². The summed E-state index contributed by atoms with van der Waals surface area (Å²) in [5, 5.41) is 1.11. The van der Waals surface area contributed by atoms with E-state index in [2.05, 4.69) is 41.1 Å². The van der Waals surface area contributed by atoms with Crippen molar-refractivity contribution in [2.45, 2.75) is 18.6 Å². The number of fused-ring (bicyclic) bond motifs is 1. The molecule has 0 amide bonds. The summed E-state index contributed by atoms with van der Waals surface area (Å²) in [6.45, 7) is 4.30. The van der Waals surface area contributed by atoms with Crippen molar-refractivity contribution in [2.24, 2.45) is 7.05 Å². The lowest BCUT2D eigenvalue weighted by molar-refractivity contribution is 0.703. The van der Waals surface area contributed by atoms with Gasteiger partial charge in [-0.05, 0) is 19.9 Å². The smallest absolute Gasteiger partial charge is 0.125 e. The first kappa shape index (κ1) is 11.7. The zero-order valence-corrected chi connectivity index (χ0v) is 11.3. The molecule has 3 nitrogen and oxygen atoms in total. The highest BCUT2D eigenvalue weighted by atomic mass is 33.1. The second-order valence-corrected chi connectivity index (χ2v) is 6.11. The number of nitrogen functional groups attached to an aromatic ring is 1. The van der Waals surface area contributed by atoms with E-state index < -0.39 is 0 Å². The van der Waals surface area contributed by atoms with Gasteiger partial charge in [0, 0.05) is 30.4 Å². The number of anilines is 1. The van der Waals surface area contributed by atoms with Crippen LogP contribution in [0.25, 0.3) is 10.9 Å². The fourth-order valence-electron chi connectivity index (χ4n) is 1.87. The molecule has 2 N–H and O–H groups in total. The van der Waals surface area contributed by atoms with Gasteiger partial charge in [0.15, 0.2) is 0 Å². The number of aromatic nitrogens is 2. The van der Waals surface area contributed by atoms with Crippen molar-refractivity contribution < 1.29 is 0 Å². The monoisotopic (exact) mass is 253 g/mol. The van der Waals surface area contributed by atoms with Crippen LogP contribution in [0.2, 0.25) is 0 Å². The van der Waals surface area contributed by atoms with Crippen LogP contribution in [0.3, 0.4) is 0 Å². The van der Waals surface area contributed by atoms with Gasteiger partial charge >= 0.3 is 0 Å². The quantitative estimate of drug-likeness (QED) is 0.639. The fraction of sp³-hybridized carbons (Fsp3) is 0.364. The summed E-state index contributed by atoms with van der Waals surface area (Å²) in [4.78, 5) is 4.11. The number of pyridine rings is 1. The van der Waals surface area contributed by atoms with Crippen molar-refractivity contribution in [1.29, 1.82) is 0 Å². The van der Waals surface area contributed by atoms with E-state index in [9.17, 15) is 0 Å². The van der Waals surface area contributed by atoms with Crippen molar-refractivity contribution in [2.75, 3.05) is 5.73 Å². The molecule has 0 aromatic carbocycles. The maximum Gasteiger partial charge on any atom is 0.125 e. The van der Waals surface area contributed by atoms with Crippen LogP contribution in [0.4, 0.5) is 5.82 Å². The average Bonchev–Trinajstić information content (AvgIpc) is 2.57. The number of rotatable bonds is 2. The molecule has 0 saturated heterocycles. The zero-order valence-electron chi connectivity index (χ0n) is 9.56. The lowest BCUT2D eigenvalue weighted by Crippen LogP contribution is -2.14. The van der Waals surface area contributed by atoms with E-state index >= 15 is 0 Å². The van der Waals surface area contributed by atoms with Crippen LogP contribution < -0.4 is 5.73 Å². The number of hydrogen-bond donors (Lipinski definition) is 2. The highest BCUT2D eigenvalue weighted by Crippen LogP contribution is 2.39. The predicted molar refractivity (Wildman–Crippen MR) is 74.7 cm³/mol. The Balaban J connectivity index is 2.70. The third kappa shape index (κ3) is 1.78. The summed E-state index contributed by atoms with van der Waals surface area (Å²) in [7, 11) is 3.58. The first-order chi connectivity index (χ1) is 7.45. The summed E-state index contributed by atoms with van der Waals surface area (Å²) in [5.74, 6) is 0.552. The molecule has 0 atom stereocenters. The standard InChI is InChI=1S/C11H15N3S2/c1-11(2,16-15)9-4-7-6-13-10(12)5-8(7)14(9)3/h4-6,15H,1-3H3,(H2,12,13). The lowest BCUT2D eigenvalue weighted by Gasteiger charge is -2.22. The number of nitrogens with zero attached hydrogens (tertiary/aromatic N) is 2. The van der Waals surface area contributed by atoms with Gasteiger partial charge in [-0.3, -0.25) is 0 Å². The Morgan fingerprint density at radius 2 is 2.12 bits per heavy atom. The lowest BCUT2D eigenvalue weighted by atomic mass is 10.1. The molecule has 2 heterocycles. The molecule has 0 radical (unpaired) electrons. The Kier molecular flexibility index (Phi) is 2.84. The molecule has 0 aliphatic rings. The highest BCUT2D eigenvalue weighted by molar-refractivity contribution is 8.68. The zero-order chi connectivity index (χ0) is 11.9. The van der Waals surface area contributed by atoms with Gasteiger partial charge in [-0.2, -0.15) is 0 Å². The molecule has 0 aliphatic carbocycles. The van der Waals surface area contributed by atoms with Gasteiger partial charge in [-0.1, -0.05) is 10.8 Å². The second-order valence-electron chi connectivity index (χ2n) is 4.36. The first-order valence-electron chi connectivity index (χ1n) is 4.99. The van der Waals surface area contributed by atoms with E-state index in [0.29, 0.717) is 5.82 Å². The minimum absolute atomic E-state index is 0.0361. The Hall–Kier alpha value is -0.810. The largest absolute Gasteiger partial charge is 0.384 e. The van der Waals surface area contributed by atoms with E-state index in [0.717, 1.165) is 10.9 Å². The molecule has 0 fully saturated rings. The van der Waals surface area contributed by atoms with Crippen molar-refractivity contribution in [3.05, 3.63) is 24.0 Å². The van der Waals surface area contributed by atoms with Gasteiger partial charge < -0.3 is 10.3 Å². The first-order valence-corrected chi connectivity index (χ1v) is 6.86. The van der Waals surface area contributed by atoms with Crippen LogP contribution in [-0.4, -0.2) is 9.55 Å². The van der Waals surface area contributed by atoms with Crippen LogP contribution in [0.15, 0.2) is 18.3 Å². The SMILES string of the molecule is Cn1c(C(C)(C)SS)cc2cnc(N)cc21. The third-order valence-electron chi connectivity index (χ3n) is 2.79. The normalized spacial score (nSPS) is 12.2. The topological polar surface area (TPSA) is 43.8 Å². The fourth-order valence-corrected chi connectivity index (χ4v) is 2.44. The highest BCUT2D eigenvalue weighted by Gasteiger charge is 2.24. The van der Waals surface area contributed by atoms with Gasteiger partial charge in [0.25, 0.3) is 0 Å². The maximum atomic E-state index is 5.70. The Bertz CT molecular complexity index is 531.